The third-order valence-corrected chi connectivity index (χ3v) is 5.54. The molecule has 3 aliphatic rings. The number of fused-ring (bicyclic) bond motifs is 2. The number of hydrogen-bond acceptors (Lipinski definition) is 6. The summed E-state index contributed by atoms with van der Waals surface area (Å²) in [5.41, 5.74) is 0.129. The number of carbonyl (C=O) groups excluding carboxylic acids is 3. The lowest BCUT2D eigenvalue weighted by Crippen LogP contribution is -2.66. The maximum atomic E-state index is 12.9. The maximum absolute atomic E-state index is 12.9. The fraction of sp³-hybridized carbons (Fsp3) is 0.476. The summed E-state index contributed by atoms with van der Waals surface area (Å²) in [6.07, 6.45) is 2.34. The Balaban J connectivity index is 1.92. The normalized spacial score (nSPS) is 22.2. The van der Waals surface area contributed by atoms with Crippen molar-refractivity contribution < 1.29 is 28.6 Å². The van der Waals surface area contributed by atoms with Gasteiger partial charge in [0, 0.05) is 6.54 Å². The molecule has 150 valence electrons. The lowest BCUT2D eigenvalue weighted by molar-refractivity contribution is -0.179. The molecule has 2 heterocycles. The van der Waals surface area contributed by atoms with Crippen LogP contribution in [-0.2, 0) is 30.4 Å². The molecule has 4 rings (SSSR count). The van der Waals surface area contributed by atoms with Crippen LogP contribution in [0.3, 0.4) is 0 Å². The van der Waals surface area contributed by atoms with Crippen LogP contribution in [0.2, 0.25) is 0 Å². The Labute approximate surface area is 164 Å². The zero-order chi connectivity index (χ0) is 20.3. The number of methoxy groups -OCH3 is 2. The summed E-state index contributed by atoms with van der Waals surface area (Å²) in [7, 11) is 2.48. The summed E-state index contributed by atoms with van der Waals surface area (Å²) in [6, 6.07) is 8.56. The third kappa shape index (κ3) is 3.25. The second-order valence-electron chi connectivity index (χ2n) is 7.11. The monoisotopic (exact) mass is 387 g/mol. The topological polar surface area (TPSA) is 82.1 Å². The van der Waals surface area contributed by atoms with Crippen molar-refractivity contribution in [2.24, 2.45) is 11.3 Å². The van der Waals surface area contributed by atoms with Crippen molar-refractivity contribution in [3.63, 3.8) is 0 Å². The predicted molar refractivity (Wildman–Crippen MR) is 100 cm³/mol. The Morgan fingerprint density at radius 3 is 2.32 bits per heavy atom. The molecule has 2 unspecified atom stereocenters. The molecule has 0 N–H and O–H groups in total. The van der Waals surface area contributed by atoms with Gasteiger partial charge in [0.05, 0.1) is 20.3 Å². The number of carbonyl (C=O) groups is 3. The van der Waals surface area contributed by atoms with E-state index < -0.39 is 29.5 Å². The van der Waals surface area contributed by atoms with Crippen LogP contribution in [-0.4, -0.2) is 49.7 Å². The molecule has 1 aromatic rings. The first-order valence-electron chi connectivity index (χ1n) is 9.32. The second kappa shape index (κ2) is 8.04. The van der Waals surface area contributed by atoms with Gasteiger partial charge in [-0.1, -0.05) is 43.3 Å². The first-order chi connectivity index (χ1) is 13.5. The van der Waals surface area contributed by atoms with E-state index in [-0.39, 0.29) is 18.9 Å². The lowest BCUT2D eigenvalue weighted by atomic mass is 9.62. The van der Waals surface area contributed by atoms with Crippen molar-refractivity contribution in [2.45, 2.75) is 32.4 Å². The van der Waals surface area contributed by atoms with Crippen molar-refractivity contribution in [1.82, 2.24) is 4.90 Å². The van der Waals surface area contributed by atoms with Crippen LogP contribution >= 0.6 is 0 Å². The van der Waals surface area contributed by atoms with E-state index in [2.05, 4.69) is 6.08 Å². The molecule has 7 nitrogen and oxygen atoms in total. The van der Waals surface area contributed by atoms with Crippen LogP contribution in [0.25, 0.3) is 0 Å². The number of hydrogen-bond donors (Lipinski definition) is 0. The molecule has 28 heavy (non-hydrogen) atoms. The van der Waals surface area contributed by atoms with Gasteiger partial charge in [-0.05, 0) is 29.9 Å². The summed E-state index contributed by atoms with van der Waals surface area (Å²) in [5, 5.41) is 0. The van der Waals surface area contributed by atoms with E-state index in [1.807, 2.05) is 37.3 Å². The largest absolute Gasteiger partial charge is 0.468 e. The first-order valence-corrected chi connectivity index (χ1v) is 9.32. The highest BCUT2D eigenvalue weighted by Crippen LogP contribution is 2.49. The number of nitrogens with zero attached hydrogens (tertiary/aromatic N) is 1. The van der Waals surface area contributed by atoms with Gasteiger partial charge in [-0.2, -0.15) is 0 Å². The summed E-state index contributed by atoms with van der Waals surface area (Å²) < 4.78 is 15.4. The summed E-state index contributed by atoms with van der Waals surface area (Å²) >= 11 is 0. The predicted octanol–water partition coefficient (Wildman–Crippen LogP) is 2.70. The minimum atomic E-state index is -1.57. The maximum Gasteiger partial charge on any atom is 0.410 e. The molecule has 1 aromatic carbocycles. The van der Waals surface area contributed by atoms with Gasteiger partial charge in [0.1, 0.15) is 6.61 Å². The van der Waals surface area contributed by atoms with Crippen molar-refractivity contribution in [3.8, 4) is 0 Å². The molecule has 1 aliphatic carbocycles. The van der Waals surface area contributed by atoms with E-state index in [1.54, 1.807) is 0 Å². The summed E-state index contributed by atoms with van der Waals surface area (Å²) in [6.45, 7) is 2.43. The summed E-state index contributed by atoms with van der Waals surface area (Å²) in [5.74, 6) is -1.52. The Bertz CT molecular complexity index is 771. The van der Waals surface area contributed by atoms with Gasteiger partial charge in [-0.15, -0.1) is 0 Å². The average molecular weight is 387 g/mol. The highest BCUT2D eigenvalue weighted by atomic mass is 16.6. The molecule has 1 saturated heterocycles. The van der Waals surface area contributed by atoms with Gasteiger partial charge in [0.15, 0.2) is 5.41 Å². The van der Waals surface area contributed by atoms with Crippen molar-refractivity contribution in [3.05, 3.63) is 47.5 Å². The van der Waals surface area contributed by atoms with Crippen molar-refractivity contribution in [2.75, 3.05) is 20.8 Å². The van der Waals surface area contributed by atoms with Crippen molar-refractivity contribution >= 4 is 18.0 Å². The summed E-state index contributed by atoms with van der Waals surface area (Å²) in [4.78, 5) is 39.9. The van der Waals surface area contributed by atoms with Gasteiger partial charge >= 0.3 is 18.0 Å². The fourth-order valence-corrected chi connectivity index (χ4v) is 4.37. The minimum Gasteiger partial charge on any atom is -0.468 e. The van der Waals surface area contributed by atoms with E-state index in [0.717, 1.165) is 11.1 Å². The van der Waals surface area contributed by atoms with Crippen LogP contribution in [0.1, 0.15) is 25.3 Å². The van der Waals surface area contributed by atoms with E-state index in [1.165, 1.54) is 19.1 Å². The molecule has 1 fully saturated rings. The van der Waals surface area contributed by atoms with Crippen molar-refractivity contribution in [1.29, 1.82) is 0 Å². The Morgan fingerprint density at radius 2 is 1.75 bits per heavy atom. The number of esters is 2. The molecule has 0 spiro atoms. The highest BCUT2D eigenvalue weighted by molar-refractivity contribution is 6.02. The lowest BCUT2D eigenvalue weighted by Gasteiger charge is -2.52. The van der Waals surface area contributed by atoms with E-state index in [4.69, 9.17) is 14.2 Å². The first kappa shape index (κ1) is 19.9. The van der Waals surface area contributed by atoms with Crippen LogP contribution in [0.4, 0.5) is 4.79 Å². The SMILES string of the molecule is CCC1=CC2CN(C(=O)OCc3ccccc3)C1C(C(=O)OC)(C(=O)OC)C2. The smallest absolute Gasteiger partial charge is 0.410 e. The van der Waals surface area contributed by atoms with Crippen LogP contribution in [0.15, 0.2) is 42.0 Å². The number of ether oxygens (including phenoxy) is 3. The van der Waals surface area contributed by atoms with Gasteiger partial charge in [0.25, 0.3) is 0 Å². The fourth-order valence-electron chi connectivity index (χ4n) is 4.37. The third-order valence-electron chi connectivity index (χ3n) is 5.54. The number of benzene rings is 1. The molecule has 7 heteroatoms. The number of rotatable bonds is 5. The molecule has 2 bridgehead atoms. The quantitative estimate of drug-likeness (QED) is 0.334. The molecule has 2 aliphatic heterocycles. The Morgan fingerprint density at radius 1 is 1.11 bits per heavy atom. The van der Waals surface area contributed by atoms with Gasteiger partial charge in [-0.25, -0.2) is 4.79 Å². The minimum absolute atomic E-state index is 0.113. The van der Waals surface area contributed by atoms with E-state index >= 15 is 0 Å². The van der Waals surface area contributed by atoms with Gasteiger partial charge < -0.3 is 14.2 Å². The standard InChI is InChI=1S/C21H25NO6/c1-4-16-10-15-11-21(18(23)26-2,19(24)27-3)17(16)22(12-15)20(25)28-13-14-8-6-5-7-9-14/h5-10,15,17H,4,11-13H2,1-3H3. The van der Waals surface area contributed by atoms with E-state index in [9.17, 15) is 14.4 Å². The van der Waals surface area contributed by atoms with Crippen LogP contribution in [0, 0.1) is 11.3 Å². The Kier molecular flexibility index (Phi) is 5.72. The van der Waals surface area contributed by atoms with Gasteiger partial charge in [0.2, 0.25) is 0 Å². The zero-order valence-electron chi connectivity index (χ0n) is 16.3. The van der Waals surface area contributed by atoms with Gasteiger partial charge in [-0.3, -0.25) is 14.5 Å². The molecule has 1 amide bonds. The molecular weight excluding hydrogens is 362 g/mol. The molecule has 2 atom stereocenters. The zero-order valence-corrected chi connectivity index (χ0v) is 16.3. The van der Waals surface area contributed by atoms with Crippen LogP contribution < -0.4 is 0 Å². The number of piperidine rings is 1. The highest BCUT2D eigenvalue weighted by Gasteiger charge is 2.64. The molecule has 0 saturated carbocycles. The Hall–Kier alpha value is -2.83. The van der Waals surface area contributed by atoms with E-state index in [0.29, 0.717) is 13.0 Å². The number of amides is 1. The molecule has 0 aromatic heterocycles. The molecule has 0 radical (unpaired) electrons. The second-order valence-corrected chi connectivity index (χ2v) is 7.11. The molecular formula is C21H25NO6. The van der Waals surface area contributed by atoms with Crippen LogP contribution in [0.5, 0.6) is 0 Å². The average Bonchev–Trinajstić information content (AvgIpc) is 2.76.